The zero-order valence-corrected chi connectivity index (χ0v) is 13.5. The predicted molar refractivity (Wildman–Crippen MR) is 87.2 cm³/mol. The first kappa shape index (κ1) is 16.6. The summed E-state index contributed by atoms with van der Waals surface area (Å²) >= 11 is 7.06. The van der Waals surface area contributed by atoms with Gasteiger partial charge in [0.05, 0.1) is 0 Å². The summed E-state index contributed by atoms with van der Waals surface area (Å²) in [4.78, 5) is 34.6. The number of halogens is 1. The smallest absolute Gasteiger partial charge is 0.279 e. The van der Waals surface area contributed by atoms with E-state index >= 15 is 0 Å². The molecule has 1 aliphatic heterocycles. The molecule has 1 atom stereocenters. The normalized spacial score (nSPS) is 17.0. The SMILES string of the molecule is Cc1c(Cl)cccc1NC(=O)CCNC(=O)[C@@H]1CSC(=O)N1. The second-order valence-corrected chi connectivity index (χ2v) is 6.20. The van der Waals surface area contributed by atoms with Crippen LogP contribution in [0.1, 0.15) is 12.0 Å². The lowest BCUT2D eigenvalue weighted by Crippen LogP contribution is -2.43. The van der Waals surface area contributed by atoms with Crippen LogP contribution in [0.25, 0.3) is 0 Å². The summed E-state index contributed by atoms with van der Waals surface area (Å²) in [7, 11) is 0. The minimum Gasteiger partial charge on any atom is -0.354 e. The number of amides is 3. The summed E-state index contributed by atoms with van der Waals surface area (Å²) in [6.45, 7) is 2.03. The third-order valence-corrected chi connectivity index (χ3v) is 4.47. The van der Waals surface area contributed by atoms with E-state index in [9.17, 15) is 14.4 Å². The number of hydrogen-bond acceptors (Lipinski definition) is 4. The number of carbonyl (C=O) groups excluding carboxylic acids is 3. The first-order chi connectivity index (χ1) is 10.5. The number of carbonyl (C=O) groups is 3. The molecule has 1 aromatic carbocycles. The van der Waals surface area contributed by atoms with Gasteiger partial charge in [-0.05, 0) is 24.6 Å². The molecule has 22 heavy (non-hydrogen) atoms. The summed E-state index contributed by atoms with van der Waals surface area (Å²) in [6.07, 6.45) is 0.144. The summed E-state index contributed by atoms with van der Waals surface area (Å²) in [6, 6.07) is 4.76. The minimum atomic E-state index is -0.518. The van der Waals surface area contributed by atoms with Crippen molar-refractivity contribution in [3.63, 3.8) is 0 Å². The Morgan fingerprint density at radius 2 is 2.23 bits per heavy atom. The predicted octanol–water partition coefficient (Wildman–Crippen LogP) is 1.92. The van der Waals surface area contributed by atoms with Gasteiger partial charge in [-0.3, -0.25) is 14.4 Å². The topological polar surface area (TPSA) is 87.3 Å². The van der Waals surface area contributed by atoms with Crippen molar-refractivity contribution in [3.05, 3.63) is 28.8 Å². The molecule has 1 aliphatic rings. The molecule has 2 rings (SSSR count). The van der Waals surface area contributed by atoms with Gasteiger partial charge in [-0.15, -0.1) is 0 Å². The number of benzene rings is 1. The van der Waals surface area contributed by atoms with Crippen LogP contribution in [0, 0.1) is 6.92 Å². The molecule has 1 saturated heterocycles. The highest BCUT2D eigenvalue weighted by Crippen LogP contribution is 2.22. The van der Waals surface area contributed by atoms with Crippen molar-refractivity contribution in [1.82, 2.24) is 10.6 Å². The molecule has 6 nitrogen and oxygen atoms in total. The molecule has 0 bridgehead atoms. The van der Waals surface area contributed by atoms with Crippen molar-refractivity contribution in [2.24, 2.45) is 0 Å². The molecule has 118 valence electrons. The van der Waals surface area contributed by atoms with Crippen LogP contribution in [0.5, 0.6) is 0 Å². The minimum absolute atomic E-state index is 0.144. The van der Waals surface area contributed by atoms with E-state index in [0.717, 1.165) is 17.3 Å². The van der Waals surface area contributed by atoms with Crippen molar-refractivity contribution in [2.75, 3.05) is 17.6 Å². The highest BCUT2D eigenvalue weighted by Gasteiger charge is 2.27. The fourth-order valence-electron chi connectivity index (χ4n) is 1.90. The fraction of sp³-hybridized carbons (Fsp3) is 0.357. The van der Waals surface area contributed by atoms with E-state index in [2.05, 4.69) is 16.0 Å². The van der Waals surface area contributed by atoms with Crippen molar-refractivity contribution in [3.8, 4) is 0 Å². The molecule has 0 radical (unpaired) electrons. The Morgan fingerprint density at radius 1 is 1.45 bits per heavy atom. The maximum absolute atomic E-state index is 11.9. The van der Waals surface area contributed by atoms with Crippen LogP contribution in [0.2, 0.25) is 5.02 Å². The zero-order chi connectivity index (χ0) is 16.1. The molecule has 0 aliphatic carbocycles. The Balaban J connectivity index is 1.75. The highest BCUT2D eigenvalue weighted by molar-refractivity contribution is 8.14. The van der Waals surface area contributed by atoms with Crippen LogP contribution in [0.15, 0.2) is 18.2 Å². The van der Waals surface area contributed by atoms with Crippen LogP contribution in [0.3, 0.4) is 0 Å². The molecule has 1 heterocycles. The van der Waals surface area contributed by atoms with Crippen molar-refractivity contribution >= 4 is 46.1 Å². The van der Waals surface area contributed by atoms with E-state index in [4.69, 9.17) is 11.6 Å². The van der Waals surface area contributed by atoms with E-state index in [-0.39, 0.29) is 30.0 Å². The van der Waals surface area contributed by atoms with Gasteiger partial charge in [0.25, 0.3) is 5.24 Å². The van der Waals surface area contributed by atoms with E-state index in [0.29, 0.717) is 16.5 Å². The van der Waals surface area contributed by atoms with Crippen LogP contribution in [0.4, 0.5) is 10.5 Å². The first-order valence-electron chi connectivity index (χ1n) is 6.73. The van der Waals surface area contributed by atoms with Crippen molar-refractivity contribution in [2.45, 2.75) is 19.4 Å². The van der Waals surface area contributed by atoms with E-state index in [1.165, 1.54) is 0 Å². The van der Waals surface area contributed by atoms with Gasteiger partial charge >= 0.3 is 0 Å². The Hall–Kier alpha value is -1.73. The lowest BCUT2D eigenvalue weighted by Gasteiger charge is -2.11. The summed E-state index contributed by atoms with van der Waals surface area (Å²) in [5, 5.41) is 8.31. The van der Waals surface area contributed by atoms with Gasteiger partial charge in [0, 0.05) is 29.4 Å². The largest absolute Gasteiger partial charge is 0.354 e. The van der Waals surface area contributed by atoms with Crippen LogP contribution >= 0.6 is 23.4 Å². The summed E-state index contributed by atoms with van der Waals surface area (Å²) < 4.78 is 0. The molecule has 3 N–H and O–H groups in total. The van der Waals surface area contributed by atoms with Crippen LogP contribution in [-0.2, 0) is 9.59 Å². The number of anilines is 1. The van der Waals surface area contributed by atoms with Crippen molar-refractivity contribution in [1.29, 1.82) is 0 Å². The second kappa shape index (κ2) is 7.51. The Kier molecular flexibility index (Phi) is 5.68. The summed E-state index contributed by atoms with van der Waals surface area (Å²) in [5.74, 6) is -0.0703. The molecule has 0 unspecified atom stereocenters. The standard InChI is InChI=1S/C14H16ClN3O3S/c1-8-9(15)3-2-4-10(8)17-12(19)5-6-16-13(20)11-7-22-14(21)18-11/h2-4,11H,5-7H2,1H3,(H,16,20)(H,17,19)(H,18,21)/t11-/m0/s1. The molecule has 1 aromatic rings. The van der Waals surface area contributed by atoms with Gasteiger partial charge < -0.3 is 16.0 Å². The van der Waals surface area contributed by atoms with Gasteiger partial charge in [-0.2, -0.15) is 0 Å². The van der Waals surface area contributed by atoms with Gasteiger partial charge in [0.2, 0.25) is 11.8 Å². The Labute approximate surface area is 137 Å². The Morgan fingerprint density at radius 3 is 2.91 bits per heavy atom. The lowest BCUT2D eigenvalue weighted by atomic mass is 10.2. The molecule has 0 aromatic heterocycles. The van der Waals surface area contributed by atoms with Gasteiger partial charge in [-0.1, -0.05) is 29.4 Å². The highest BCUT2D eigenvalue weighted by atomic mass is 35.5. The summed E-state index contributed by atoms with van der Waals surface area (Å²) in [5.41, 5.74) is 1.45. The number of rotatable bonds is 5. The van der Waals surface area contributed by atoms with Crippen molar-refractivity contribution < 1.29 is 14.4 Å². The molecular formula is C14H16ClN3O3S. The van der Waals surface area contributed by atoms with Gasteiger partial charge in [0.1, 0.15) is 6.04 Å². The maximum Gasteiger partial charge on any atom is 0.279 e. The lowest BCUT2D eigenvalue weighted by molar-refractivity contribution is -0.122. The average molecular weight is 342 g/mol. The fourth-order valence-corrected chi connectivity index (χ4v) is 2.86. The monoisotopic (exact) mass is 341 g/mol. The van der Waals surface area contributed by atoms with Crippen LogP contribution in [-0.4, -0.2) is 35.4 Å². The Bertz CT molecular complexity index is 609. The number of hydrogen-bond donors (Lipinski definition) is 3. The molecule has 0 saturated carbocycles. The van der Waals surface area contributed by atoms with Gasteiger partial charge in [0.15, 0.2) is 0 Å². The van der Waals surface area contributed by atoms with E-state index < -0.39 is 6.04 Å². The van der Waals surface area contributed by atoms with Crippen LogP contribution < -0.4 is 16.0 Å². The molecule has 8 heteroatoms. The quantitative estimate of drug-likeness (QED) is 0.763. The molecule has 3 amide bonds. The third-order valence-electron chi connectivity index (χ3n) is 3.18. The molecule has 0 spiro atoms. The number of thioether (sulfide) groups is 1. The third kappa shape index (κ3) is 4.38. The average Bonchev–Trinajstić information content (AvgIpc) is 2.90. The van der Waals surface area contributed by atoms with Gasteiger partial charge in [-0.25, -0.2) is 0 Å². The maximum atomic E-state index is 11.9. The second-order valence-electron chi connectivity index (χ2n) is 4.80. The molecule has 1 fully saturated rings. The molecular weight excluding hydrogens is 326 g/mol. The van der Waals surface area contributed by atoms with E-state index in [1.807, 2.05) is 6.92 Å². The number of nitrogens with one attached hydrogen (secondary N) is 3. The first-order valence-corrected chi connectivity index (χ1v) is 8.09. The van der Waals surface area contributed by atoms with E-state index in [1.54, 1.807) is 18.2 Å². The zero-order valence-electron chi connectivity index (χ0n) is 11.9.